The highest BCUT2D eigenvalue weighted by atomic mass is 16.4. The van der Waals surface area contributed by atoms with Crippen LogP contribution in [0, 0.1) is 5.92 Å². The Kier molecular flexibility index (Phi) is 3.31. The first kappa shape index (κ1) is 11.9. The van der Waals surface area contributed by atoms with Gasteiger partial charge in [-0.15, -0.1) is 0 Å². The summed E-state index contributed by atoms with van der Waals surface area (Å²) in [6.45, 7) is 0.848. The van der Waals surface area contributed by atoms with Gasteiger partial charge in [0.2, 0.25) is 11.8 Å². The SMILES string of the molecule is O=C1CCC(C(=O)N2CCC[C@H]2C(=O)O)CN1. The van der Waals surface area contributed by atoms with Gasteiger partial charge < -0.3 is 15.3 Å². The third-order valence-electron chi connectivity index (χ3n) is 3.44. The molecule has 2 amide bonds. The standard InChI is InChI=1S/C11H16N2O4/c14-9-4-3-7(6-12-9)10(15)13-5-1-2-8(13)11(16)17/h7-8H,1-6H2,(H,12,14)(H,16,17)/t7?,8-/m0/s1. The zero-order chi connectivity index (χ0) is 12.4. The van der Waals surface area contributed by atoms with Crippen molar-refractivity contribution in [2.75, 3.05) is 13.1 Å². The summed E-state index contributed by atoms with van der Waals surface area (Å²) < 4.78 is 0. The summed E-state index contributed by atoms with van der Waals surface area (Å²) in [5.74, 6) is -1.36. The summed E-state index contributed by atoms with van der Waals surface area (Å²) in [4.78, 5) is 35.6. The molecule has 2 rings (SSSR count). The normalized spacial score (nSPS) is 28.9. The van der Waals surface area contributed by atoms with E-state index < -0.39 is 12.0 Å². The summed E-state index contributed by atoms with van der Waals surface area (Å²) in [5, 5.41) is 11.7. The lowest BCUT2D eigenvalue weighted by atomic mass is 9.97. The molecular formula is C11H16N2O4. The summed E-state index contributed by atoms with van der Waals surface area (Å²) in [5.41, 5.74) is 0. The Bertz CT molecular complexity index is 345. The van der Waals surface area contributed by atoms with Crippen molar-refractivity contribution in [2.24, 2.45) is 5.92 Å². The molecule has 0 saturated carbocycles. The van der Waals surface area contributed by atoms with Crippen molar-refractivity contribution in [2.45, 2.75) is 31.7 Å². The third-order valence-corrected chi connectivity index (χ3v) is 3.44. The second-order valence-corrected chi connectivity index (χ2v) is 4.57. The molecule has 2 aliphatic heterocycles. The summed E-state index contributed by atoms with van der Waals surface area (Å²) in [6, 6.07) is -0.680. The second kappa shape index (κ2) is 4.73. The number of piperidine rings is 1. The minimum atomic E-state index is -0.935. The van der Waals surface area contributed by atoms with Crippen molar-refractivity contribution in [1.82, 2.24) is 10.2 Å². The lowest BCUT2D eigenvalue weighted by Crippen LogP contribution is -2.48. The van der Waals surface area contributed by atoms with E-state index >= 15 is 0 Å². The molecule has 6 heteroatoms. The minimum Gasteiger partial charge on any atom is -0.480 e. The zero-order valence-corrected chi connectivity index (χ0v) is 9.52. The van der Waals surface area contributed by atoms with Gasteiger partial charge in [-0.05, 0) is 19.3 Å². The van der Waals surface area contributed by atoms with Crippen LogP contribution in [0.25, 0.3) is 0 Å². The first-order chi connectivity index (χ1) is 8.09. The molecule has 2 N–H and O–H groups in total. The Morgan fingerprint density at radius 3 is 2.71 bits per heavy atom. The van der Waals surface area contributed by atoms with E-state index in [0.717, 1.165) is 6.42 Å². The first-order valence-corrected chi connectivity index (χ1v) is 5.89. The van der Waals surface area contributed by atoms with Crippen LogP contribution in [0.4, 0.5) is 0 Å². The van der Waals surface area contributed by atoms with E-state index in [0.29, 0.717) is 32.4 Å². The van der Waals surface area contributed by atoms with Crippen LogP contribution in [-0.2, 0) is 14.4 Å². The maximum absolute atomic E-state index is 12.1. The van der Waals surface area contributed by atoms with Crippen LogP contribution in [0.1, 0.15) is 25.7 Å². The fourth-order valence-corrected chi connectivity index (χ4v) is 2.47. The van der Waals surface area contributed by atoms with E-state index in [-0.39, 0.29) is 17.7 Å². The molecule has 2 fully saturated rings. The molecule has 0 spiro atoms. The predicted octanol–water partition coefficient (Wildman–Crippen LogP) is -0.412. The summed E-state index contributed by atoms with van der Waals surface area (Å²) >= 11 is 0. The molecular weight excluding hydrogens is 224 g/mol. The number of aliphatic carboxylic acids is 1. The van der Waals surface area contributed by atoms with Crippen molar-refractivity contribution in [3.05, 3.63) is 0 Å². The molecule has 94 valence electrons. The van der Waals surface area contributed by atoms with Gasteiger partial charge in [-0.2, -0.15) is 0 Å². The smallest absolute Gasteiger partial charge is 0.326 e. The molecule has 0 aromatic rings. The third kappa shape index (κ3) is 2.40. The average molecular weight is 240 g/mol. The van der Waals surface area contributed by atoms with Gasteiger partial charge in [-0.25, -0.2) is 4.79 Å². The average Bonchev–Trinajstić information content (AvgIpc) is 2.78. The van der Waals surface area contributed by atoms with Gasteiger partial charge >= 0.3 is 5.97 Å². The number of nitrogens with zero attached hydrogens (tertiary/aromatic N) is 1. The number of nitrogens with one attached hydrogen (secondary N) is 1. The molecule has 0 bridgehead atoms. The molecule has 0 radical (unpaired) electrons. The van der Waals surface area contributed by atoms with Gasteiger partial charge in [0.05, 0.1) is 5.92 Å². The molecule has 2 aliphatic rings. The number of carbonyl (C=O) groups excluding carboxylic acids is 2. The van der Waals surface area contributed by atoms with E-state index in [4.69, 9.17) is 5.11 Å². The van der Waals surface area contributed by atoms with Crippen LogP contribution in [0.5, 0.6) is 0 Å². The Hall–Kier alpha value is -1.59. The van der Waals surface area contributed by atoms with Crippen LogP contribution in [0.3, 0.4) is 0 Å². The molecule has 2 heterocycles. The van der Waals surface area contributed by atoms with Gasteiger partial charge in [0, 0.05) is 19.5 Å². The highest BCUT2D eigenvalue weighted by Gasteiger charge is 2.37. The fraction of sp³-hybridized carbons (Fsp3) is 0.727. The van der Waals surface area contributed by atoms with Crippen molar-refractivity contribution < 1.29 is 19.5 Å². The minimum absolute atomic E-state index is 0.0368. The summed E-state index contributed by atoms with van der Waals surface area (Å²) in [6.07, 6.45) is 2.14. The second-order valence-electron chi connectivity index (χ2n) is 4.57. The number of carbonyl (C=O) groups is 3. The fourth-order valence-electron chi connectivity index (χ4n) is 2.47. The lowest BCUT2D eigenvalue weighted by Gasteiger charge is -2.28. The number of likely N-dealkylation sites (tertiary alicyclic amines) is 1. The highest BCUT2D eigenvalue weighted by molar-refractivity contribution is 5.87. The van der Waals surface area contributed by atoms with Crippen LogP contribution in [0.2, 0.25) is 0 Å². The first-order valence-electron chi connectivity index (χ1n) is 5.89. The van der Waals surface area contributed by atoms with E-state index in [1.807, 2.05) is 0 Å². The van der Waals surface area contributed by atoms with Crippen LogP contribution in [0.15, 0.2) is 0 Å². The monoisotopic (exact) mass is 240 g/mol. The van der Waals surface area contributed by atoms with E-state index in [9.17, 15) is 14.4 Å². The van der Waals surface area contributed by atoms with Crippen LogP contribution >= 0.6 is 0 Å². The van der Waals surface area contributed by atoms with Crippen LogP contribution in [-0.4, -0.2) is 46.9 Å². The van der Waals surface area contributed by atoms with Crippen molar-refractivity contribution in [3.63, 3.8) is 0 Å². The topological polar surface area (TPSA) is 86.7 Å². The molecule has 17 heavy (non-hydrogen) atoms. The molecule has 0 aliphatic carbocycles. The van der Waals surface area contributed by atoms with E-state index in [2.05, 4.69) is 5.32 Å². The molecule has 0 aromatic heterocycles. The largest absolute Gasteiger partial charge is 0.480 e. The van der Waals surface area contributed by atoms with Gasteiger partial charge in [-0.3, -0.25) is 9.59 Å². The number of rotatable bonds is 2. The van der Waals surface area contributed by atoms with Crippen molar-refractivity contribution in [3.8, 4) is 0 Å². The molecule has 2 atom stereocenters. The maximum atomic E-state index is 12.1. The Morgan fingerprint density at radius 2 is 2.12 bits per heavy atom. The number of carboxylic acids is 1. The number of hydrogen-bond donors (Lipinski definition) is 2. The Labute approximate surface area is 99.0 Å². The number of carboxylic acid groups (broad SMARTS) is 1. The zero-order valence-electron chi connectivity index (χ0n) is 9.52. The molecule has 0 aromatic carbocycles. The Morgan fingerprint density at radius 1 is 1.35 bits per heavy atom. The molecule has 6 nitrogen and oxygen atoms in total. The van der Waals surface area contributed by atoms with Crippen molar-refractivity contribution in [1.29, 1.82) is 0 Å². The lowest BCUT2D eigenvalue weighted by molar-refractivity contribution is -0.150. The van der Waals surface area contributed by atoms with Gasteiger partial charge in [-0.1, -0.05) is 0 Å². The van der Waals surface area contributed by atoms with Crippen LogP contribution < -0.4 is 5.32 Å². The predicted molar refractivity (Wildman–Crippen MR) is 58.1 cm³/mol. The molecule has 2 saturated heterocycles. The van der Waals surface area contributed by atoms with Crippen molar-refractivity contribution >= 4 is 17.8 Å². The quantitative estimate of drug-likeness (QED) is 0.687. The van der Waals surface area contributed by atoms with E-state index in [1.165, 1.54) is 4.90 Å². The van der Waals surface area contributed by atoms with Gasteiger partial charge in [0.1, 0.15) is 6.04 Å². The number of hydrogen-bond acceptors (Lipinski definition) is 3. The summed E-state index contributed by atoms with van der Waals surface area (Å²) in [7, 11) is 0. The number of amides is 2. The maximum Gasteiger partial charge on any atom is 0.326 e. The van der Waals surface area contributed by atoms with E-state index in [1.54, 1.807) is 0 Å². The Balaban J connectivity index is 1.99. The van der Waals surface area contributed by atoms with Gasteiger partial charge in [0.25, 0.3) is 0 Å². The molecule has 1 unspecified atom stereocenters. The van der Waals surface area contributed by atoms with Gasteiger partial charge in [0.15, 0.2) is 0 Å². The highest BCUT2D eigenvalue weighted by Crippen LogP contribution is 2.22.